The Morgan fingerprint density at radius 1 is 1.33 bits per heavy atom. The molecule has 0 saturated heterocycles. The van der Waals surface area contributed by atoms with Crippen molar-refractivity contribution in [3.05, 3.63) is 29.8 Å². The molecule has 3 heteroatoms. The van der Waals surface area contributed by atoms with Crippen molar-refractivity contribution < 1.29 is 4.74 Å². The van der Waals surface area contributed by atoms with Gasteiger partial charge < -0.3 is 10.1 Å². The first kappa shape index (κ1) is 15.4. The van der Waals surface area contributed by atoms with Crippen LogP contribution in [0.15, 0.2) is 24.3 Å². The Bertz CT molecular complexity index is 330. The molecule has 18 heavy (non-hydrogen) atoms. The molecule has 1 unspecified atom stereocenters. The Kier molecular flexibility index (Phi) is 7.94. The Morgan fingerprint density at radius 2 is 2.17 bits per heavy atom. The standard InChI is InChI=1S/C15H25NOS/c1-4-6-10-18-12-15(16-5-2)13-8-7-9-14(11-13)17-3/h7-9,11,15-16H,4-6,10,12H2,1-3H3. The molecule has 102 valence electrons. The van der Waals surface area contributed by atoms with Crippen LogP contribution in [0.3, 0.4) is 0 Å². The maximum atomic E-state index is 5.29. The lowest BCUT2D eigenvalue weighted by atomic mass is 10.1. The van der Waals surface area contributed by atoms with Gasteiger partial charge in [-0.1, -0.05) is 32.4 Å². The van der Waals surface area contributed by atoms with Crippen molar-refractivity contribution in [2.24, 2.45) is 0 Å². The summed E-state index contributed by atoms with van der Waals surface area (Å²) >= 11 is 2.03. The van der Waals surface area contributed by atoms with E-state index >= 15 is 0 Å². The third kappa shape index (κ3) is 5.32. The van der Waals surface area contributed by atoms with Crippen molar-refractivity contribution in [3.63, 3.8) is 0 Å². The third-order valence-electron chi connectivity index (χ3n) is 2.87. The number of benzene rings is 1. The van der Waals surface area contributed by atoms with Gasteiger partial charge in [0.1, 0.15) is 5.75 Å². The minimum absolute atomic E-state index is 0.423. The molecule has 0 fully saturated rings. The van der Waals surface area contributed by atoms with Crippen molar-refractivity contribution in [1.29, 1.82) is 0 Å². The van der Waals surface area contributed by atoms with E-state index in [0.717, 1.165) is 18.0 Å². The number of nitrogens with one attached hydrogen (secondary N) is 1. The minimum Gasteiger partial charge on any atom is -0.497 e. The van der Waals surface area contributed by atoms with Gasteiger partial charge in [-0.05, 0) is 36.4 Å². The highest BCUT2D eigenvalue weighted by Gasteiger charge is 2.10. The van der Waals surface area contributed by atoms with Gasteiger partial charge in [-0.2, -0.15) is 11.8 Å². The normalized spacial score (nSPS) is 12.4. The summed E-state index contributed by atoms with van der Waals surface area (Å²) in [5.41, 5.74) is 1.32. The topological polar surface area (TPSA) is 21.3 Å². The van der Waals surface area contributed by atoms with Gasteiger partial charge >= 0.3 is 0 Å². The van der Waals surface area contributed by atoms with Crippen molar-refractivity contribution >= 4 is 11.8 Å². The number of ether oxygens (including phenoxy) is 1. The minimum atomic E-state index is 0.423. The van der Waals surface area contributed by atoms with Gasteiger partial charge in [-0.3, -0.25) is 0 Å². The lowest BCUT2D eigenvalue weighted by molar-refractivity contribution is 0.413. The fraction of sp³-hybridized carbons (Fsp3) is 0.600. The van der Waals surface area contributed by atoms with E-state index in [1.54, 1.807) is 7.11 Å². The van der Waals surface area contributed by atoms with Gasteiger partial charge in [0, 0.05) is 11.8 Å². The van der Waals surface area contributed by atoms with Gasteiger partial charge in [0.05, 0.1) is 7.11 Å². The fourth-order valence-corrected chi connectivity index (χ4v) is 3.03. The van der Waals surface area contributed by atoms with E-state index in [9.17, 15) is 0 Å². The molecular formula is C15H25NOS. The molecule has 1 N–H and O–H groups in total. The Hall–Kier alpha value is -0.670. The van der Waals surface area contributed by atoms with Gasteiger partial charge in [-0.25, -0.2) is 0 Å². The summed E-state index contributed by atoms with van der Waals surface area (Å²) in [5, 5.41) is 3.55. The van der Waals surface area contributed by atoms with Crippen LogP contribution >= 0.6 is 11.8 Å². The molecule has 0 aliphatic carbocycles. The molecule has 0 aliphatic rings. The number of unbranched alkanes of at least 4 members (excludes halogenated alkanes) is 1. The third-order valence-corrected chi connectivity index (χ3v) is 4.02. The number of hydrogen-bond donors (Lipinski definition) is 1. The Labute approximate surface area is 116 Å². The highest BCUT2D eigenvalue weighted by atomic mass is 32.2. The maximum Gasteiger partial charge on any atom is 0.119 e. The van der Waals surface area contributed by atoms with E-state index in [1.807, 2.05) is 17.8 Å². The lowest BCUT2D eigenvalue weighted by Gasteiger charge is -2.18. The van der Waals surface area contributed by atoms with E-state index in [0.29, 0.717) is 6.04 Å². The van der Waals surface area contributed by atoms with Crippen LogP contribution in [-0.4, -0.2) is 25.2 Å². The van der Waals surface area contributed by atoms with Crippen LogP contribution in [0.1, 0.15) is 38.3 Å². The van der Waals surface area contributed by atoms with Gasteiger partial charge in [0.25, 0.3) is 0 Å². The van der Waals surface area contributed by atoms with Crippen LogP contribution in [0.5, 0.6) is 5.75 Å². The second-order valence-electron chi connectivity index (χ2n) is 4.32. The summed E-state index contributed by atoms with van der Waals surface area (Å²) in [7, 11) is 1.72. The van der Waals surface area contributed by atoms with Crippen molar-refractivity contribution in [2.75, 3.05) is 25.2 Å². The SMILES string of the molecule is CCCCSCC(NCC)c1cccc(OC)c1. The highest BCUT2D eigenvalue weighted by Crippen LogP contribution is 2.22. The van der Waals surface area contributed by atoms with E-state index < -0.39 is 0 Å². The van der Waals surface area contributed by atoms with Crippen LogP contribution in [0.4, 0.5) is 0 Å². The van der Waals surface area contributed by atoms with Crippen LogP contribution < -0.4 is 10.1 Å². The number of methoxy groups -OCH3 is 1. The predicted octanol–water partition coefficient (Wildman–Crippen LogP) is 3.88. The maximum absolute atomic E-state index is 5.29. The summed E-state index contributed by atoms with van der Waals surface area (Å²) in [6.45, 7) is 5.39. The smallest absolute Gasteiger partial charge is 0.119 e. The first-order valence-electron chi connectivity index (χ1n) is 6.76. The summed E-state index contributed by atoms with van der Waals surface area (Å²) < 4.78 is 5.29. The summed E-state index contributed by atoms with van der Waals surface area (Å²) in [4.78, 5) is 0. The molecule has 2 nitrogen and oxygen atoms in total. The number of thioether (sulfide) groups is 1. The quantitative estimate of drug-likeness (QED) is 0.686. The molecule has 0 heterocycles. The van der Waals surface area contributed by atoms with Crippen molar-refractivity contribution in [3.8, 4) is 5.75 Å². The first-order chi connectivity index (χ1) is 8.81. The Morgan fingerprint density at radius 3 is 2.83 bits per heavy atom. The molecule has 0 aromatic heterocycles. The average Bonchev–Trinajstić information content (AvgIpc) is 2.42. The summed E-state index contributed by atoms with van der Waals surface area (Å²) in [6, 6.07) is 8.79. The van der Waals surface area contributed by atoms with E-state index in [2.05, 4.69) is 37.4 Å². The summed E-state index contributed by atoms with van der Waals surface area (Å²) in [5.74, 6) is 3.32. The average molecular weight is 267 g/mol. The van der Waals surface area contributed by atoms with E-state index in [1.165, 1.54) is 24.2 Å². The number of rotatable bonds is 9. The predicted molar refractivity (Wildman–Crippen MR) is 81.6 cm³/mol. The molecule has 0 bridgehead atoms. The van der Waals surface area contributed by atoms with Crippen molar-refractivity contribution in [1.82, 2.24) is 5.32 Å². The zero-order valence-corrected chi connectivity index (χ0v) is 12.6. The molecule has 0 aliphatic heterocycles. The fourth-order valence-electron chi connectivity index (χ4n) is 1.83. The van der Waals surface area contributed by atoms with Gasteiger partial charge in [0.2, 0.25) is 0 Å². The zero-order chi connectivity index (χ0) is 13.2. The molecule has 0 amide bonds. The second kappa shape index (κ2) is 9.29. The Balaban J connectivity index is 2.58. The molecular weight excluding hydrogens is 242 g/mol. The molecule has 0 saturated carbocycles. The van der Waals surface area contributed by atoms with Gasteiger partial charge in [-0.15, -0.1) is 0 Å². The molecule has 0 spiro atoms. The molecule has 1 aromatic carbocycles. The monoisotopic (exact) mass is 267 g/mol. The number of hydrogen-bond acceptors (Lipinski definition) is 3. The van der Waals surface area contributed by atoms with Gasteiger partial charge in [0.15, 0.2) is 0 Å². The highest BCUT2D eigenvalue weighted by molar-refractivity contribution is 7.99. The summed E-state index contributed by atoms with van der Waals surface area (Å²) in [6.07, 6.45) is 2.58. The van der Waals surface area contributed by atoms with E-state index in [-0.39, 0.29) is 0 Å². The second-order valence-corrected chi connectivity index (χ2v) is 5.47. The molecule has 1 rings (SSSR count). The van der Waals surface area contributed by atoms with Crippen LogP contribution in [-0.2, 0) is 0 Å². The van der Waals surface area contributed by atoms with Crippen LogP contribution in [0.2, 0.25) is 0 Å². The van der Waals surface area contributed by atoms with Crippen molar-refractivity contribution in [2.45, 2.75) is 32.7 Å². The molecule has 0 radical (unpaired) electrons. The van der Waals surface area contributed by atoms with Crippen LogP contribution in [0.25, 0.3) is 0 Å². The zero-order valence-electron chi connectivity index (χ0n) is 11.7. The molecule has 1 atom stereocenters. The van der Waals surface area contributed by atoms with E-state index in [4.69, 9.17) is 4.74 Å². The molecule has 1 aromatic rings. The van der Waals surface area contributed by atoms with Crippen LogP contribution in [0, 0.1) is 0 Å². The first-order valence-corrected chi connectivity index (χ1v) is 7.92. The largest absolute Gasteiger partial charge is 0.497 e. The lowest BCUT2D eigenvalue weighted by Crippen LogP contribution is -2.23.